The summed E-state index contributed by atoms with van der Waals surface area (Å²) in [6, 6.07) is -0.292. The molecule has 0 saturated carbocycles. The molecule has 0 aromatic heterocycles. The number of rotatable bonds is 2. The number of imide groups is 1. The number of carboxylic acids is 1. The number of hydrogen-bond acceptors (Lipinski definition) is 3. The van der Waals surface area contributed by atoms with Gasteiger partial charge in [0.1, 0.15) is 0 Å². The monoisotopic (exact) mass is 282 g/mol. The van der Waals surface area contributed by atoms with Gasteiger partial charge in [-0.3, -0.25) is 10.1 Å². The first-order chi connectivity index (χ1) is 9.25. The van der Waals surface area contributed by atoms with Crippen LogP contribution < -0.4 is 5.32 Å². The predicted octanol–water partition coefficient (Wildman–Crippen LogP) is 1.91. The van der Waals surface area contributed by atoms with Crippen LogP contribution in [0, 0.1) is 0 Å². The van der Waals surface area contributed by atoms with Crippen LogP contribution in [-0.4, -0.2) is 40.0 Å². The highest BCUT2D eigenvalue weighted by atomic mass is 16.4. The molecule has 0 aromatic rings. The fourth-order valence-corrected chi connectivity index (χ4v) is 2.41. The molecule has 1 saturated heterocycles. The zero-order chi connectivity index (χ0) is 15.4. The summed E-state index contributed by atoms with van der Waals surface area (Å²) in [4.78, 5) is 36.5. The van der Waals surface area contributed by atoms with Crippen molar-refractivity contribution in [2.24, 2.45) is 0 Å². The fraction of sp³-hybridized carbons (Fsp3) is 0.643. The quantitative estimate of drug-likeness (QED) is 0.757. The fourth-order valence-electron chi connectivity index (χ4n) is 2.41. The van der Waals surface area contributed by atoms with Crippen molar-refractivity contribution in [3.8, 4) is 0 Å². The summed E-state index contributed by atoms with van der Waals surface area (Å²) in [5, 5.41) is 11.1. The Balaban J connectivity index is 2.77. The number of nitrogens with zero attached hydrogens (tertiary/aromatic N) is 1. The van der Waals surface area contributed by atoms with Crippen molar-refractivity contribution < 1.29 is 19.5 Å². The molecule has 112 valence electrons. The molecule has 1 rings (SSSR count). The van der Waals surface area contributed by atoms with Crippen LogP contribution >= 0.6 is 0 Å². The summed E-state index contributed by atoms with van der Waals surface area (Å²) in [7, 11) is 0. The van der Waals surface area contributed by atoms with Crippen LogP contribution in [0.25, 0.3) is 0 Å². The number of hydrogen-bond donors (Lipinski definition) is 2. The van der Waals surface area contributed by atoms with E-state index in [4.69, 9.17) is 5.11 Å². The van der Waals surface area contributed by atoms with Crippen LogP contribution in [0.2, 0.25) is 0 Å². The molecule has 0 aliphatic carbocycles. The molecule has 1 aliphatic rings. The van der Waals surface area contributed by atoms with Crippen molar-refractivity contribution >= 4 is 17.9 Å². The number of carboxylic acid groups (broad SMARTS) is 1. The largest absolute Gasteiger partial charge is 0.478 e. The first-order valence-electron chi connectivity index (χ1n) is 6.80. The summed E-state index contributed by atoms with van der Waals surface area (Å²) < 4.78 is 0. The topological polar surface area (TPSA) is 86.7 Å². The molecule has 6 heteroatoms. The molecule has 1 fully saturated rings. The number of carbonyl (C=O) groups excluding carboxylic acids is 2. The number of piperidine rings is 1. The first-order valence-corrected chi connectivity index (χ1v) is 6.80. The van der Waals surface area contributed by atoms with Crippen molar-refractivity contribution in [3.63, 3.8) is 0 Å². The van der Waals surface area contributed by atoms with Crippen LogP contribution in [-0.2, 0) is 9.59 Å². The van der Waals surface area contributed by atoms with E-state index in [9.17, 15) is 14.4 Å². The standard InChI is InChI=1S/C14H22N2O4/c1-8-6-5-7-9(2)16(8)14(20)15-12(17)10(3)11(4)13(18)19/h8-9H,5-7H2,1-4H3,(H,18,19)(H,15,17,20). The van der Waals surface area contributed by atoms with E-state index in [1.165, 1.54) is 13.8 Å². The Morgan fingerprint density at radius 2 is 1.55 bits per heavy atom. The lowest BCUT2D eigenvalue weighted by Crippen LogP contribution is -2.53. The lowest BCUT2D eigenvalue weighted by atomic mass is 9.98. The number of likely N-dealkylation sites (tertiary alicyclic amines) is 1. The van der Waals surface area contributed by atoms with Crippen molar-refractivity contribution in [3.05, 3.63) is 11.1 Å². The number of amides is 3. The maximum Gasteiger partial charge on any atom is 0.331 e. The van der Waals surface area contributed by atoms with E-state index in [0.29, 0.717) is 0 Å². The Labute approximate surface area is 118 Å². The van der Waals surface area contributed by atoms with Crippen LogP contribution in [0.4, 0.5) is 4.79 Å². The van der Waals surface area contributed by atoms with Crippen molar-refractivity contribution in [2.75, 3.05) is 0 Å². The Morgan fingerprint density at radius 1 is 1.05 bits per heavy atom. The van der Waals surface area contributed by atoms with E-state index in [0.717, 1.165) is 19.3 Å². The number of aliphatic carboxylic acids is 1. The maximum atomic E-state index is 12.2. The highest BCUT2D eigenvalue weighted by Gasteiger charge is 2.30. The minimum Gasteiger partial charge on any atom is -0.478 e. The van der Waals surface area contributed by atoms with E-state index in [-0.39, 0.29) is 23.2 Å². The van der Waals surface area contributed by atoms with Gasteiger partial charge in [0.15, 0.2) is 0 Å². The highest BCUT2D eigenvalue weighted by molar-refractivity contribution is 6.07. The first kappa shape index (κ1) is 16.2. The molecule has 2 atom stereocenters. The van der Waals surface area contributed by atoms with Gasteiger partial charge in [0, 0.05) is 23.2 Å². The summed E-state index contributed by atoms with van der Waals surface area (Å²) in [5.41, 5.74) is -0.0155. The Kier molecular flexibility index (Phi) is 5.30. The predicted molar refractivity (Wildman–Crippen MR) is 74.2 cm³/mol. The smallest absolute Gasteiger partial charge is 0.331 e. The van der Waals surface area contributed by atoms with Crippen LogP contribution in [0.3, 0.4) is 0 Å². The third kappa shape index (κ3) is 3.59. The average molecular weight is 282 g/mol. The van der Waals surface area contributed by atoms with Crippen molar-refractivity contribution in [2.45, 2.75) is 59.0 Å². The minimum absolute atomic E-state index is 0.0446. The zero-order valence-electron chi connectivity index (χ0n) is 12.4. The maximum absolute atomic E-state index is 12.2. The lowest BCUT2D eigenvalue weighted by Gasteiger charge is -2.38. The van der Waals surface area contributed by atoms with Gasteiger partial charge in [-0.1, -0.05) is 0 Å². The lowest BCUT2D eigenvalue weighted by molar-refractivity contribution is -0.133. The van der Waals surface area contributed by atoms with Crippen molar-refractivity contribution in [1.29, 1.82) is 0 Å². The molecular formula is C14H22N2O4. The van der Waals surface area contributed by atoms with Crippen molar-refractivity contribution in [1.82, 2.24) is 10.2 Å². The Bertz CT molecular complexity index is 446. The molecule has 0 radical (unpaired) electrons. The zero-order valence-corrected chi connectivity index (χ0v) is 12.4. The van der Waals surface area contributed by atoms with Gasteiger partial charge in [0.2, 0.25) is 0 Å². The van der Waals surface area contributed by atoms with Gasteiger partial charge in [0.05, 0.1) is 0 Å². The van der Waals surface area contributed by atoms with Crippen LogP contribution in [0.15, 0.2) is 11.1 Å². The molecule has 1 heterocycles. The molecule has 0 spiro atoms. The molecule has 3 amide bonds. The molecule has 1 aliphatic heterocycles. The molecule has 20 heavy (non-hydrogen) atoms. The molecule has 2 N–H and O–H groups in total. The Hall–Kier alpha value is -1.85. The van der Waals surface area contributed by atoms with Gasteiger partial charge in [-0.05, 0) is 47.0 Å². The average Bonchev–Trinajstić information content (AvgIpc) is 2.36. The number of urea groups is 1. The van der Waals surface area contributed by atoms with Crippen LogP contribution in [0.5, 0.6) is 0 Å². The van der Waals surface area contributed by atoms with E-state index in [1.807, 2.05) is 13.8 Å². The van der Waals surface area contributed by atoms with Gasteiger partial charge in [-0.25, -0.2) is 9.59 Å². The van der Waals surface area contributed by atoms with E-state index in [2.05, 4.69) is 5.32 Å². The number of nitrogens with one attached hydrogen (secondary N) is 1. The summed E-state index contributed by atoms with van der Waals surface area (Å²) in [6.45, 7) is 6.64. The number of carbonyl (C=O) groups is 3. The minimum atomic E-state index is -1.16. The second-order valence-corrected chi connectivity index (χ2v) is 5.35. The van der Waals surface area contributed by atoms with Crippen LogP contribution in [0.1, 0.15) is 47.0 Å². The summed E-state index contributed by atoms with van der Waals surface area (Å²) in [6.07, 6.45) is 2.89. The summed E-state index contributed by atoms with van der Waals surface area (Å²) >= 11 is 0. The van der Waals surface area contributed by atoms with E-state index in [1.54, 1.807) is 4.90 Å². The van der Waals surface area contributed by atoms with Gasteiger partial charge >= 0.3 is 12.0 Å². The SMILES string of the molecule is CC(C(=O)O)=C(C)C(=O)NC(=O)N1C(C)CCCC1C. The molecule has 0 aromatic carbocycles. The van der Waals surface area contributed by atoms with E-state index < -0.39 is 17.9 Å². The second kappa shape index (κ2) is 6.54. The third-order valence-corrected chi connectivity index (χ3v) is 3.87. The normalized spacial score (nSPS) is 23.9. The molecule has 2 unspecified atom stereocenters. The summed E-state index contributed by atoms with van der Waals surface area (Å²) in [5.74, 6) is -1.82. The van der Waals surface area contributed by atoms with Gasteiger partial charge < -0.3 is 10.0 Å². The Morgan fingerprint density at radius 3 is 2.00 bits per heavy atom. The highest BCUT2D eigenvalue weighted by Crippen LogP contribution is 2.22. The van der Waals surface area contributed by atoms with Gasteiger partial charge in [-0.15, -0.1) is 0 Å². The van der Waals surface area contributed by atoms with Gasteiger partial charge in [0.25, 0.3) is 5.91 Å². The molecule has 6 nitrogen and oxygen atoms in total. The van der Waals surface area contributed by atoms with Gasteiger partial charge in [-0.2, -0.15) is 0 Å². The molecular weight excluding hydrogens is 260 g/mol. The second-order valence-electron chi connectivity index (χ2n) is 5.35. The van der Waals surface area contributed by atoms with E-state index >= 15 is 0 Å². The third-order valence-electron chi connectivity index (χ3n) is 3.87. The molecule has 0 bridgehead atoms.